The van der Waals surface area contributed by atoms with Crippen molar-refractivity contribution in [2.75, 3.05) is 20.7 Å². The molecule has 0 aromatic heterocycles. The lowest BCUT2D eigenvalue weighted by molar-refractivity contribution is 0.0563. The maximum atomic E-state index is 6.47. The minimum atomic E-state index is -0.165. The number of rotatable bonds is 4. The highest BCUT2D eigenvalue weighted by Crippen LogP contribution is 2.44. The highest BCUT2D eigenvalue weighted by molar-refractivity contribution is 7.80. The molecule has 0 saturated carbocycles. The highest BCUT2D eigenvalue weighted by Gasteiger charge is 2.34. The molecule has 1 aliphatic rings. The molecule has 2 N–H and O–H groups in total. The average molecular weight is 337 g/mol. The molecule has 0 bridgehead atoms. The van der Waals surface area contributed by atoms with Gasteiger partial charge in [0.05, 0.1) is 7.11 Å². The summed E-state index contributed by atoms with van der Waals surface area (Å²) in [5, 5.41) is 6.82. The molecule has 5 heteroatoms. The summed E-state index contributed by atoms with van der Waals surface area (Å²) >= 11 is 5.13. The Bertz CT molecular complexity index is 616. The van der Waals surface area contributed by atoms with Crippen LogP contribution in [0.3, 0.4) is 0 Å². The van der Waals surface area contributed by atoms with Gasteiger partial charge in [0.1, 0.15) is 17.1 Å². The Labute approximate surface area is 144 Å². The Balaban J connectivity index is 2.22. The quantitative estimate of drug-likeness (QED) is 0.827. The van der Waals surface area contributed by atoms with E-state index in [4.69, 9.17) is 21.7 Å². The maximum Gasteiger partial charge on any atom is 0.166 e. The average Bonchev–Trinajstić information content (AvgIpc) is 2.53. The molecule has 0 aliphatic carbocycles. The van der Waals surface area contributed by atoms with Gasteiger partial charge in [-0.25, -0.2) is 0 Å². The van der Waals surface area contributed by atoms with E-state index in [1.807, 2.05) is 7.05 Å². The van der Waals surface area contributed by atoms with Gasteiger partial charge in [-0.15, -0.1) is 0 Å². The number of ether oxygens (including phenoxy) is 2. The molecule has 0 spiro atoms. The van der Waals surface area contributed by atoms with Crippen LogP contribution in [-0.2, 0) is 6.42 Å². The van der Waals surface area contributed by atoms with Crippen LogP contribution in [-0.4, -0.2) is 31.4 Å². The molecule has 1 aromatic rings. The van der Waals surface area contributed by atoms with E-state index in [0.717, 1.165) is 37.3 Å². The number of hydrogen-bond acceptors (Lipinski definition) is 3. The van der Waals surface area contributed by atoms with Crippen LogP contribution in [0.4, 0.5) is 0 Å². The smallest absolute Gasteiger partial charge is 0.166 e. The van der Waals surface area contributed by atoms with E-state index in [9.17, 15) is 0 Å². The molecule has 0 radical (unpaired) electrons. The van der Waals surface area contributed by atoms with Crippen molar-refractivity contribution in [2.45, 2.75) is 52.6 Å². The van der Waals surface area contributed by atoms with Gasteiger partial charge in [0.2, 0.25) is 0 Å². The van der Waals surface area contributed by atoms with Crippen LogP contribution in [0.5, 0.6) is 11.5 Å². The molecule has 0 saturated heterocycles. The van der Waals surface area contributed by atoms with Gasteiger partial charge in [-0.05, 0) is 69.4 Å². The van der Waals surface area contributed by atoms with Gasteiger partial charge in [-0.2, -0.15) is 0 Å². The molecular weight excluding hydrogens is 308 g/mol. The fourth-order valence-corrected chi connectivity index (χ4v) is 3.39. The summed E-state index contributed by atoms with van der Waals surface area (Å²) in [4.78, 5) is 0. The van der Waals surface area contributed by atoms with Gasteiger partial charge in [-0.1, -0.05) is 0 Å². The molecule has 1 atom stereocenters. The molecule has 0 fully saturated rings. The van der Waals surface area contributed by atoms with E-state index >= 15 is 0 Å². The Kier molecular flexibility index (Phi) is 5.40. The van der Waals surface area contributed by atoms with Crippen LogP contribution in [0, 0.1) is 20.8 Å². The lowest BCUT2D eigenvalue weighted by Crippen LogP contribution is -2.42. The largest absolute Gasteiger partial charge is 0.496 e. The zero-order valence-electron chi connectivity index (χ0n) is 15.1. The number of fused-ring (bicyclic) bond motifs is 1. The molecule has 23 heavy (non-hydrogen) atoms. The Morgan fingerprint density at radius 1 is 1.26 bits per heavy atom. The van der Waals surface area contributed by atoms with Gasteiger partial charge in [-0.3, -0.25) is 0 Å². The summed E-state index contributed by atoms with van der Waals surface area (Å²) < 4.78 is 12.1. The fraction of sp³-hybridized carbons (Fsp3) is 0.611. The zero-order valence-corrected chi connectivity index (χ0v) is 15.9. The molecular formula is C18H28N2O2S. The SMILES string of the molecule is CNC(=S)NCCC1(C)CCc2c(C)c(OC)c(C)c(C)c2O1. The van der Waals surface area contributed by atoms with Gasteiger partial charge in [0, 0.05) is 25.6 Å². The predicted molar refractivity (Wildman–Crippen MR) is 98.8 cm³/mol. The van der Waals surface area contributed by atoms with Gasteiger partial charge in [0.15, 0.2) is 5.11 Å². The van der Waals surface area contributed by atoms with Crippen LogP contribution in [0.25, 0.3) is 0 Å². The first-order valence-corrected chi connectivity index (χ1v) is 8.55. The molecule has 4 nitrogen and oxygen atoms in total. The summed E-state index contributed by atoms with van der Waals surface area (Å²) in [6.07, 6.45) is 2.93. The van der Waals surface area contributed by atoms with Gasteiger partial charge in [0.25, 0.3) is 0 Å². The Morgan fingerprint density at radius 2 is 1.96 bits per heavy atom. The van der Waals surface area contributed by atoms with Crippen LogP contribution < -0.4 is 20.1 Å². The first-order valence-electron chi connectivity index (χ1n) is 8.14. The first-order chi connectivity index (χ1) is 10.8. The number of methoxy groups -OCH3 is 1. The van der Waals surface area contributed by atoms with E-state index in [1.54, 1.807) is 7.11 Å². The minimum Gasteiger partial charge on any atom is -0.496 e. The van der Waals surface area contributed by atoms with Crippen molar-refractivity contribution < 1.29 is 9.47 Å². The summed E-state index contributed by atoms with van der Waals surface area (Å²) in [6, 6.07) is 0. The van der Waals surface area contributed by atoms with Crippen molar-refractivity contribution in [3.63, 3.8) is 0 Å². The maximum absolute atomic E-state index is 6.47. The molecule has 2 rings (SSSR count). The van der Waals surface area contributed by atoms with E-state index in [1.165, 1.54) is 22.3 Å². The highest BCUT2D eigenvalue weighted by atomic mass is 32.1. The lowest BCUT2D eigenvalue weighted by atomic mass is 9.85. The second kappa shape index (κ2) is 6.95. The predicted octanol–water partition coefficient (Wildman–Crippen LogP) is 3.19. The van der Waals surface area contributed by atoms with E-state index < -0.39 is 0 Å². The Morgan fingerprint density at radius 3 is 2.57 bits per heavy atom. The molecule has 1 aromatic carbocycles. The normalized spacial score (nSPS) is 19.6. The van der Waals surface area contributed by atoms with Crippen molar-refractivity contribution in [2.24, 2.45) is 0 Å². The fourth-order valence-electron chi connectivity index (χ4n) is 3.29. The van der Waals surface area contributed by atoms with Crippen LogP contribution >= 0.6 is 12.2 Å². The Hall–Kier alpha value is -1.49. The van der Waals surface area contributed by atoms with Crippen molar-refractivity contribution in [1.82, 2.24) is 10.6 Å². The molecule has 0 amide bonds. The number of hydrogen-bond donors (Lipinski definition) is 2. The van der Waals surface area contributed by atoms with Crippen molar-refractivity contribution >= 4 is 17.3 Å². The zero-order chi connectivity index (χ0) is 17.2. The van der Waals surface area contributed by atoms with Crippen LogP contribution in [0.1, 0.15) is 42.0 Å². The second-order valence-corrected chi connectivity index (χ2v) is 6.93. The number of thiocarbonyl (C=S) groups is 1. The molecule has 1 aliphatic heterocycles. The first kappa shape index (κ1) is 17.9. The second-order valence-electron chi connectivity index (χ2n) is 6.52. The monoisotopic (exact) mass is 336 g/mol. The van der Waals surface area contributed by atoms with Crippen LogP contribution in [0.2, 0.25) is 0 Å². The summed E-state index contributed by atoms with van der Waals surface area (Å²) in [7, 11) is 3.57. The summed E-state index contributed by atoms with van der Waals surface area (Å²) in [5.74, 6) is 2.04. The topological polar surface area (TPSA) is 42.5 Å². The molecule has 1 heterocycles. The van der Waals surface area contributed by atoms with Crippen molar-refractivity contribution in [1.29, 1.82) is 0 Å². The number of nitrogens with one attached hydrogen (secondary N) is 2. The van der Waals surface area contributed by atoms with E-state index in [-0.39, 0.29) is 5.60 Å². The molecule has 1 unspecified atom stereocenters. The van der Waals surface area contributed by atoms with Crippen molar-refractivity contribution in [3.05, 3.63) is 22.3 Å². The third-order valence-corrected chi connectivity index (χ3v) is 5.28. The van der Waals surface area contributed by atoms with Gasteiger partial charge < -0.3 is 20.1 Å². The summed E-state index contributed by atoms with van der Waals surface area (Å²) in [5.41, 5.74) is 4.69. The third kappa shape index (κ3) is 3.55. The van der Waals surface area contributed by atoms with Crippen molar-refractivity contribution in [3.8, 4) is 11.5 Å². The van der Waals surface area contributed by atoms with Crippen LogP contribution in [0.15, 0.2) is 0 Å². The minimum absolute atomic E-state index is 0.165. The lowest BCUT2D eigenvalue weighted by Gasteiger charge is -2.38. The summed E-state index contributed by atoms with van der Waals surface area (Å²) in [6.45, 7) is 9.34. The molecule has 128 valence electrons. The van der Waals surface area contributed by atoms with E-state index in [0.29, 0.717) is 5.11 Å². The standard InChI is InChI=1S/C18H28N2O2S/c1-11-12(2)16-14(13(3)15(11)21-6)7-8-18(4,22-16)9-10-20-17(23)19-5/h7-10H2,1-6H3,(H2,19,20,23). The number of benzene rings is 1. The van der Waals surface area contributed by atoms with E-state index in [2.05, 4.69) is 38.3 Å². The van der Waals surface area contributed by atoms with Gasteiger partial charge >= 0.3 is 0 Å². The third-order valence-electron chi connectivity index (χ3n) is 4.93.